The van der Waals surface area contributed by atoms with Gasteiger partial charge in [-0.3, -0.25) is 4.79 Å². The summed E-state index contributed by atoms with van der Waals surface area (Å²) in [5, 5.41) is 0. The molecule has 2 rings (SSSR count). The third kappa shape index (κ3) is 3.97. The van der Waals surface area contributed by atoms with E-state index in [4.69, 9.17) is 5.73 Å². The van der Waals surface area contributed by atoms with Gasteiger partial charge in [0, 0.05) is 18.8 Å². The second-order valence-corrected chi connectivity index (χ2v) is 10.5. The van der Waals surface area contributed by atoms with Gasteiger partial charge in [0.1, 0.15) is 9.84 Å². The number of fused-ring (bicyclic) bond motifs is 2. The molecule has 1 aliphatic carbocycles. The molecule has 1 saturated carbocycles. The van der Waals surface area contributed by atoms with Crippen LogP contribution in [0.3, 0.4) is 0 Å². The molecule has 0 radical (unpaired) electrons. The lowest BCUT2D eigenvalue weighted by molar-refractivity contribution is -0.133. The smallest absolute Gasteiger partial charge is 0.239 e. The van der Waals surface area contributed by atoms with Gasteiger partial charge in [0.25, 0.3) is 0 Å². The number of sulfone groups is 1. The van der Waals surface area contributed by atoms with Crippen molar-refractivity contribution in [3.05, 3.63) is 0 Å². The molecule has 2 bridgehead atoms. The maximum atomic E-state index is 12.6. The van der Waals surface area contributed by atoms with Crippen molar-refractivity contribution in [3.8, 4) is 0 Å². The van der Waals surface area contributed by atoms with Gasteiger partial charge < -0.3 is 10.6 Å². The number of hydrogen-bond acceptors (Lipinski definition) is 4. The van der Waals surface area contributed by atoms with Gasteiger partial charge in [-0.2, -0.15) is 0 Å². The van der Waals surface area contributed by atoms with Gasteiger partial charge in [-0.25, -0.2) is 8.42 Å². The van der Waals surface area contributed by atoms with Crippen LogP contribution < -0.4 is 5.73 Å². The predicted molar refractivity (Wildman–Crippen MR) is 83.5 cm³/mol. The lowest BCUT2D eigenvalue weighted by atomic mass is 9.65. The Balaban J connectivity index is 2.04. The van der Waals surface area contributed by atoms with Crippen molar-refractivity contribution in [2.24, 2.45) is 16.6 Å². The number of carbonyl (C=O) groups excluding carboxylic acids is 1. The Bertz CT molecular complexity index is 529. The lowest BCUT2D eigenvalue weighted by Crippen LogP contribution is -2.47. The van der Waals surface area contributed by atoms with Crippen molar-refractivity contribution < 1.29 is 13.2 Å². The highest BCUT2D eigenvalue weighted by atomic mass is 32.2. The number of likely N-dealkylation sites (tertiary alicyclic amines) is 1. The number of hydrogen-bond donors (Lipinski definition) is 1. The summed E-state index contributed by atoms with van der Waals surface area (Å²) >= 11 is 0. The Hall–Kier alpha value is -0.620. The number of nitrogens with zero attached hydrogens (tertiary/aromatic N) is 1. The van der Waals surface area contributed by atoms with Crippen molar-refractivity contribution >= 4 is 15.7 Å². The molecule has 122 valence electrons. The van der Waals surface area contributed by atoms with Crippen LogP contribution in [0.15, 0.2) is 0 Å². The highest BCUT2D eigenvalue weighted by molar-refractivity contribution is 7.90. The lowest BCUT2D eigenvalue weighted by Gasteiger charge is -2.39. The van der Waals surface area contributed by atoms with Crippen LogP contribution in [0.2, 0.25) is 0 Å². The standard InChI is InChI=1S/C15H28N2O3S/c1-14(2)7-11-8-15(3,9-14)10-17(11)13(18)12(16)5-6-21(4,19)20/h11-12H,5-10,16H2,1-4H3. The molecule has 2 N–H and O–H groups in total. The van der Waals surface area contributed by atoms with Gasteiger partial charge >= 0.3 is 0 Å². The largest absolute Gasteiger partial charge is 0.338 e. The van der Waals surface area contributed by atoms with E-state index in [2.05, 4.69) is 20.8 Å². The minimum absolute atomic E-state index is 0.0266. The Morgan fingerprint density at radius 1 is 1.33 bits per heavy atom. The second-order valence-electron chi connectivity index (χ2n) is 8.20. The molecule has 0 spiro atoms. The monoisotopic (exact) mass is 316 g/mol. The number of rotatable bonds is 4. The van der Waals surface area contributed by atoms with Gasteiger partial charge in [0.2, 0.25) is 5.91 Å². The molecule has 6 heteroatoms. The number of amides is 1. The SMILES string of the molecule is CC1(C)CC2CC(C)(CN2C(=O)C(N)CCS(C)(=O)=O)C1. The Morgan fingerprint density at radius 3 is 2.52 bits per heavy atom. The quantitative estimate of drug-likeness (QED) is 0.844. The van der Waals surface area contributed by atoms with Gasteiger partial charge in [0.15, 0.2) is 0 Å². The van der Waals surface area contributed by atoms with Crippen LogP contribution in [0.1, 0.15) is 46.5 Å². The molecule has 3 unspecified atom stereocenters. The van der Waals surface area contributed by atoms with Gasteiger partial charge in [0.05, 0.1) is 11.8 Å². The van der Waals surface area contributed by atoms with Gasteiger partial charge in [-0.05, 0) is 36.5 Å². The first kappa shape index (κ1) is 16.7. The normalized spacial score (nSPS) is 33.0. The van der Waals surface area contributed by atoms with Crippen molar-refractivity contribution in [1.82, 2.24) is 4.90 Å². The fourth-order valence-electron chi connectivity index (χ4n) is 4.40. The molecule has 1 saturated heterocycles. The van der Waals surface area contributed by atoms with Crippen LogP contribution in [0.4, 0.5) is 0 Å². The van der Waals surface area contributed by atoms with E-state index in [-0.39, 0.29) is 35.0 Å². The van der Waals surface area contributed by atoms with E-state index in [1.807, 2.05) is 4.90 Å². The van der Waals surface area contributed by atoms with Crippen molar-refractivity contribution in [2.75, 3.05) is 18.6 Å². The summed E-state index contributed by atoms with van der Waals surface area (Å²) in [6.07, 6.45) is 4.56. The number of nitrogens with two attached hydrogens (primary N) is 1. The van der Waals surface area contributed by atoms with E-state index < -0.39 is 15.9 Å². The molecule has 5 nitrogen and oxygen atoms in total. The molecule has 0 aromatic carbocycles. The van der Waals surface area contributed by atoms with E-state index in [9.17, 15) is 13.2 Å². The van der Waals surface area contributed by atoms with Crippen molar-refractivity contribution in [2.45, 2.75) is 58.5 Å². The van der Waals surface area contributed by atoms with Gasteiger partial charge in [-0.1, -0.05) is 20.8 Å². The van der Waals surface area contributed by atoms with Gasteiger partial charge in [-0.15, -0.1) is 0 Å². The van der Waals surface area contributed by atoms with Crippen LogP contribution in [-0.4, -0.2) is 49.9 Å². The molecular formula is C15H28N2O3S. The Morgan fingerprint density at radius 2 is 1.95 bits per heavy atom. The zero-order valence-electron chi connectivity index (χ0n) is 13.6. The van der Waals surface area contributed by atoms with Crippen LogP contribution in [-0.2, 0) is 14.6 Å². The van der Waals surface area contributed by atoms with E-state index >= 15 is 0 Å². The third-order valence-corrected chi connectivity index (χ3v) is 5.79. The topological polar surface area (TPSA) is 80.5 Å². The fraction of sp³-hybridized carbons (Fsp3) is 0.933. The fourth-order valence-corrected chi connectivity index (χ4v) is 5.08. The summed E-state index contributed by atoms with van der Waals surface area (Å²) in [6, 6.07) is -0.443. The highest BCUT2D eigenvalue weighted by Crippen LogP contribution is 2.52. The van der Waals surface area contributed by atoms with Crippen LogP contribution >= 0.6 is 0 Å². The summed E-state index contributed by atoms with van der Waals surface area (Å²) < 4.78 is 22.4. The van der Waals surface area contributed by atoms with Crippen molar-refractivity contribution in [1.29, 1.82) is 0 Å². The zero-order chi connectivity index (χ0) is 16.1. The predicted octanol–water partition coefficient (Wildman–Crippen LogP) is 1.18. The molecule has 1 heterocycles. The zero-order valence-corrected chi connectivity index (χ0v) is 14.4. The third-order valence-electron chi connectivity index (χ3n) is 4.81. The molecular weight excluding hydrogens is 288 g/mol. The van der Waals surface area contributed by atoms with Crippen LogP contribution in [0, 0.1) is 10.8 Å². The van der Waals surface area contributed by atoms with Crippen LogP contribution in [0.5, 0.6) is 0 Å². The molecule has 0 aromatic heterocycles. The molecule has 1 aliphatic heterocycles. The highest BCUT2D eigenvalue weighted by Gasteiger charge is 2.51. The molecule has 1 amide bonds. The Labute approximate surface area is 128 Å². The summed E-state index contributed by atoms with van der Waals surface area (Å²) in [5.41, 5.74) is 6.37. The first-order valence-electron chi connectivity index (χ1n) is 7.65. The summed E-state index contributed by atoms with van der Waals surface area (Å²) in [5.74, 6) is -0.105. The van der Waals surface area contributed by atoms with Crippen molar-refractivity contribution in [3.63, 3.8) is 0 Å². The molecule has 2 aliphatic rings. The summed E-state index contributed by atoms with van der Waals surface area (Å²) in [4.78, 5) is 14.5. The average molecular weight is 316 g/mol. The molecule has 21 heavy (non-hydrogen) atoms. The molecule has 0 aromatic rings. The summed E-state index contributed by atoms with van der Waals surface area (Å²) in [7, 11) is -3.08. The maximum absolute atomic E-state index is 12.6. The van der Waals surface area contributed by atoms with E-state index in [0.717, 1.165) is 25.8 Å². The second kappa shape index (κ2) is 5.23. The van der Waals surface area contributed by atoms with E-state index in [0.29, 0.717) is 0 Å². The van der Waals surface area contributed by atoms with E-state index in [1.54, 1.807) is 0 Å². The first-order valence-corrected chi connectivity index (χ1v) is 9.71. The minimum atomic E-state index is -3.08. The molecule has 3 atom stereocenters. The van der Waals surface area contributed by atoms with E-state index in [1.165, 1.54) is 6.26 Å². The molecule has 2 fully saturated rings. The maximum Gasteiger partial charge on any atom is 0.239 e. The summed E-state index contributed by atoms with van der Waals surface area (Å²) in [6.45, 7) is 7.52. The first-order chi connectivity index (χ1) is 9.41. The Kier molecular flexibility index (Phi) is 4.17. The number of carbonyl (C=O) groups is 1. The van der Waals surface area contributed by atoms with Crippen LogP contribution in [0.25, 0.3) is 0 Å². The minimum Gasteiger partial charge on any atom is -0.338 e. The average Bonchev–Trinajstić information content (AvgIpc) is 2.53.